The van der Waals surface area contributed by atoms with Gasteiger partial charge in [0.15, 0.2) is 0 Å². The molecule has 0 aromatic rings. The van der Waals surface area contributed by atoms with Gasteiger partial charge in [0.25, 0.3) is 10.2 Å². The van der Waals surface area contributed by atoms with E-state index in [9.17, 15) is 8.42 Å². The summed E-state index contributed by atoms with van der Waals surface area (Å²) in [6.07, 6.45) is -0.130. The van der Waals surface area contributed by atoms with Crippen LogP contribution in [0.4, 0.5) is 0 Å². The predicted molar refractivity (Wildman–Crippen MR) is 53.1 cm³/mol. The second-order valence-electron chi connectivity index (χ2n) is 2.80. The molecule has 0 heterocycles. The molecule has 3 N–H and O–H groups in total. The van der Waals surface area contributed by atoms with Crippen molar-refractivity contribution in [2.45, 2.75) is 19.4 Å². The molecule has 0 aromatic heterocycles. The average Bonchev–Trinajstić information content (AvgIpc) is 2.14. The first kappa shape index (κ1) is 13.8. The van der Waals surface area contributed by atoms with E-state index in [1.165, 1.54) is 7.11 Å². The van der Waals surface area contributed by atoms with Gasteiger partial charge in [-0.25, -0.2) is 0 Å². The van der Waals surface area contributed by atoms with E-state index in [0.717, 1.165) is 0 Å². The molecule has 86 valence electrons. The maximum Gasteiger partial charge on any atom is 0.277 e. The zero-order valence-electron chi connectivity index (χ0n) is 8.49. The Bertz CT molecular complexity index is 230. The summed E-state index contributed by atoms with van der Waals surface area (Å²) in [6, 6.07) is 0. The Morgan fingerprint density at radius 2 is 2.07 bits per heavy atom. The van der Waals surface area contributed by atoms with Gasteiger partial charge in [0.05, 0.1) is 12.7 Å². The number of hydrogen-bond donors (Lipinski definition) is 3. The molecule has 0 rings (SSSR count). The van der Waals surface area contributed by atoms with Crippen LogP contribution in [0.5, 0.6) is 0 Å². The Labute approximate surface area is 84.8 Å². The van der Waals surface area contributed by atoms with Crippen LogP contribution in [0, 0.1) is 0 Å². The lowest BCUT2D eigenvalue weighted by molar-refractivity contribution is 0.174. The highest BCUT2D eigenvalue weighted by atomic mass is 32.2. The van der Waals surface area contributed by atoms with Gasteiger partial charge >= 0.3 is 0 Å². The van der Waals surface area contributed by atoms with Crippen molar-refractivity contribution >= 4 is 10.2 Å². The average molecular weight is 226 g/mol. The second kappa shape index (κ2) is 7.13. The number of methoxy groups -OCH3 is 1. The summed E-state index contributed by atoms with van der Waals surface area (Å²) in [4.78, 5) is 0. The topological polar surface area (TPSA) is 87.7 Å². The molecule has 0 spiro atoms. The molecule has 0 aliphatic rings. The quantitative estimate of drug-likeness (QED) is 0.455. The Morgan fingerprint density at radius 3 is 2.57 bits per heavy atom. The highest BCUT2D eigenvalue weighted by molar-refractivity contribution is 7.87. The third-order valence-corrected chi connectivity index (χ3v) is 2.71. The number of rotatable bonds is 8. The molecule has 14 heavy (non-hydrogen) atoms. The van der Waals surface area contributed by atoms with Crippen LogP contribution in [-0.4, -0.2) is 46.4 Å². The fraction of sp³-hybridized carbons (Fsp3) is 1.00. The summed E-state index contributed by atoms with van der Waals surface area (Å²) in [7, 11) is -2.01. The molecule has 0 fully saturated rings. The van der Waals surface area contributed by atoms with Crippen molar-refractivity contribution in [3.63, 3.8) is 0 Å². The smallest absolute Gasteiger partial charge is 0.277 e. The van der Waals surface area contributed by atoms with Crippen molar-refractivity contribution in [2.75, 3.05) is 26.8 Å². The molecule has 0 aromatic carbocycles. The number of ether oxygens (including phenoxy) is 1. The van der Waals surface area contributed by atoms with Crippen LogP contribution in [0.1, 0.15) is 13.3 Å². The fourth-order valence-electron chi connectivity index (χ4n) is 0.679. The zero-order chi connectivity index (χ0) is 11.0. The van der Waals surface area contributed by atoms with E-state index in [0.29, 0.717) is 13.0 Å². The van der Waals surface area contributed by atoms with Crippen molar-refractivity contribution < 1.29 is 18.3 Å². The van der Waals surface area contributed by atoms with Crippen LogP contribution < -0.4 is 9.44 Å². The maximum absolute atomic E-state index is 11.1. The normalized spacial score (nSPS) is 14.2. The summed E-state index contributed by atoms with van der Waals surface area (Å²) in [6.45, 7) is 2.33. The number of hydrogen-bond acceptors (Lipinski definition) is 4. The van der Waals surface area contributed by atoms with Crippen LogP contribution in [0.2, 0.25) is 0 Å². The molecule has 0 bridgehead atoms. The minimum atomic E-state index is -3.50. The third kappa shape index (κ3) is 7.22. The van der Waals surface area contributed by atoms with Gasteiger partial charge in [0.2, 0.25) is 0 Å². The molecule has 0 saturated heterocycles. The summed E-state index contributed by atoms with van der Waals surface area (Å²) in [5.41, 5.74) is 0. The van der Waals surface area contributed by atoms with E-state index in [1.54, 1.807) is 6.92 Å². The largest absolute Gasteiger partial charge is 0.392 e. The Morgan fingerprint density at radius 1 is 1.43 bits per heavy atom. The van der Waals surface area contributed by atoms with Crippen molar-refractivity contribution in [3.05, 3.63) is 0 Å². The van der Waals surface area contributed by atoms with Crippen molar-refractivity contribution in [2.24, 2.45) is 0 Å². The Kier molecular flexibility index (Phi) is 7.02. The molecule has 0 saturated carbocycles. The molecular formula is C7H18N2O4S. The van der Waals surface area contributed by atoms with Gasteiger partial charge in [0, 0.05) is 20.2 Å². The van der Waals surface area contributed by atoms with E-state index < -0.39 is 16.3 Å². The van der Waals surface area contributed by atoms with E-state index >= 15 is 0 Å². The van der Waals surface area contributed by atoms with Crippen molar-refractivity contribution in [3.8, 4) is 0 Å². The van der Waals surface area contributed by atoms with Gasteiger partial charge in [-0.05, 0) is 6.42 Å². The number of aliphatic hydroxyl groups is 1. The van der Waals surface area contributed by atoms with Crippen molar-refractivity contribution in [1.82, 2.24) is 9.44 Å². The van der Waals surface area contributed by atoms with Gasteiger partial charge in [-0.2, -0.15) is 17.9 Å². The van der Waals surface area contributed by atoms with Gasteiger partial charge in [-0.1, -0.05) is 6.92 Å². The molecule has 1 atom stereocenters. The minimum absolute atomic E-state index is 0.0266. The van der Waals surface area contributed by atoms with E-state index in [1.807, 2.05) is 0 Å². The molecular weight excluding hydrogens is 208 g/mol. The lowest BCUT2D eigenvalue weighted by atomic mass is 10.3. The fourth-order valence-corrected chi connectivity index (χ4v) is 1.55. The van der Waals surface area contributed by atoms with Gasteiger partial charge < -0.3 is 9.84 Å². The summed E-state index contributed by atoms with van der Waals surface area (Å²) in [5.74, 6) is 0. The summed E-state index contributed by atoms with van der Waals surface area (Å²) in [5, 5.41) is 9.11. The van der Waals surface area contributed by atoms with E-state index in [4.69, 9.17) is 5.11 Å². The van der Waals surface area contributed by atoms with Crippen molar-refractivity contribution in [1.29, 1.82) is 0 Å². The highest BCUT2D eigenvalue weighted by Gasteiger charge is 2.10. The summed E-state index contributed by atoms with van der Waals surface area (Å²) < 4.78 is 31.4. The lowest BCUT2D eigenvalue weighted by Crippen LogP contribution is -2.41. The van der Waals surface area contributed by atoms with Gasteiger partial charge in [-0.15, -0.1) is 0 Å². The Hall–Kier alpha value is -0.210. The zero-order valence-corrected chi connectivity index (χ0v) is 9.30. The standard InChI is InChI=1S/C7H18N2O4S/c1-3-7(10)6-9-14(11,12)8-4-5-13-2/h7-10H,3-6H2,1-2H3. The van der Waals surface area contributed by atoms with Crippen LogP contribution in [0.25, 0.3) is 0 Å². The maximum atomic E-state index is 11.1. The van der Waals surface area contributed by atoms with Crippen LogP contribution in [0.15, 0.2) is 0 Å². The number of nitrogens with one attached hydrogen (secondary N) is 2. The SMILES string of the molecule is CCC(O)CNS(=O)(=O)NCCOC. The molecule has 0 aliphatic heterocycles. The highest BCUT2D eigenvalue weighted by Crippen LogP contribution is 1.87. The first-order valence-electron chi connectivity index (χ1n) is 4.43. The van der Waals surface area contributed by atoms with E-state index in [2.05, 4.69) is 14.2 Å². The predicted octanol–water partition coefficient (Wildman–Crippen LogP) is -1.17. The monoisotopic (exact) mass is 226 g/mol. The second-order valence-corrected chi connectivity index (χ2v) is 4.39. The molecule has 1 unspecified atom stereocenters. The van der Waals surface area contributed by atoms with Gasteiger partial charge in [0.1, 0.15) is 0 Å². The number of aliphatic hydroxyl groups excluding tert-OH is 1. The Balaban J connectivity index is 3.73. The lowest BCUT2D eigenvalue weighted by Gasteiger charge is -2.10. The molecule has 0 amide bonds. The molecule has 7 heteroatoms. The van der Waals surface area contributed by atoms with Crippen LogP contribution in [-0.2, 0) is 14.9 Å². The first-order chi connectivity index (χ1) is 6.52. The molecule has 0 aliphatic carbocycles. The molecule has 0 radical (unpaired) electrons. The first-order valence-corrected chi connectivity index (χ1v) is 5.91. The molecule has 6 nitrogen and oxygen atoms in total. The van der Waals surface area contributed by atoms with E-state index in [-0.39, 0.29) is 13.1 Å². The van der Waals surface area contributed by atoms with Crippen LogP contribution in [0.3, 0.4) is 0 Å². The third-order valence-electron chi connectivity index (χ3n) is 1.58. The minimum Gasteiger partial charge on any atom is -0.392 e. The van der Waals surface area contributed by atoms with Gasteiger partial charge in [-0.3, -0.25) is 0 Å². The van der Waals surface area contributed by atoms with Crippen LogP contribution >= 0.6 is 0 Å². The summed E-state index contributed by atoms with van der Waals surface area (Å²) >= 11 is 0.